The number of hydrogen-bond donors (Lipinski definition) is 2. The fraction of sp³-hybridized carbons (Fsp3) is 0.385. The molecule has 1 rings (SSSR count). The van der Waals surface area contributed by atoms with Crippen LogP contribution in [0.4, 0.5) is 5.69 Å². The van der Waals surface area contributed by atoms with Gasteiger partial charge in [0.2, 0.25) is 5.91 Å². The fourth-order valence-corrected chi connectivity index (χ4v) is 1.77. The predicted octanol–water partition coefficient (Wildman–Crippen LogP) is 1.77. The number of amides is 1. The van der Waals surface area contributed by atoms with Gasteiger partial charge in [0.1, 0.15) is 0 Å². The van der Waals surface area contributed by atoms with Gasteiger partial charge in [-0.2, -0.15) is 5.26 Å². The topological polar surface area (TPSA) is 74.2 Å². The molecular formula is C13H16ClN3O2. The van der Waals surface area contributed by atoms with Crippen LogP contribution in [0, 0.1) is 11.3 Å². The average molecular weight is 282 g/mol. The highest BCUT2D eigenvalue weighted by Crippen LogP contribution is 2.22. The summed E-state index contributed by atoms with van der Waals surface area (Å²) in [6.45, 7) is 2.43. The van der Waals surface area contributed by atoms with Gasteiger partial charge >= 0.3 is 0 Å². The molecule has 1 unspecified atom stereocenters. The summed E-state index contributed by atoms with van der Waals surface area (Å²) < 4.78 is 4.93. The molecule has 19 heavy (non-hydrogen) atoms. The average Bonchev–Trinajstić information content (AvgIpc) is 2.37. The summed E-state index contributed by atoms with van der Waals surface area (Å²) in [7, 11) is 1.58. The molecule has 6 heteroatoms. The van der Waals surface area contributed by atoms with E-state index in [1.807, 2.05) is 13.0 Å². The lowest BCUT2D eigenvalue weighted by Crippen LogP contribution is -2.39. The van der Waals surface area contributed by atoms with Crippen molar-refractivity contribution in [2.24, 2.45) is 0 Å². The van der Waals surface area contributed by atoms with Crippen LogP contribution < -0.4 is 10.6 Å². The quantitative estimate of drug-likeness (QED) is 0.833. The lowest BCUT2D eigenvalue weighted by atomic mass is 10.2. The Bertz CT molecular complexity index is 485. The van der Waals surface area contributed by atoms with Gasteiger partial charge in [-0.15, -0.1) is 0 Å². The largest absolute Gasteiger partial charge is 0.383 e. The van der Waals surface area contributed by atoms with Crippen molar-refractivity contribution in [2.75, 3.05) is 25.6 Å². The Morgan fingerprint density at radius 2 is 2.32 bits per heavy atom. The molecule has 1 atom stereocenters. The molecule has 0 aromatic heterocycles. The molecule has 0 aliphatic carbocycles. The zero-order valence-corrected chi connectivity index (χ0v) is 11.6. The van der Waals surface area contributed by atoms with Crippen molar-refractivity contribution >= 4 is 23.2 Å². The predicted molar refractivity (Wildman–Crippen MR) is 74.1 cm³/mol. The number of nitrogens with one attached hydrogen (secondary N) is 2. The number of hydrogen-bond acceptors (Lipinski definition) is 4. The molecule has 0 saturated heterocycles. The summed E-state index contributed by atoms with van der Waals surface area (Å²) in [5.74, 6) is -0.148. The van der Waals surface area contributed by atoms with Crippen molar-refractivity contribution in [1.82, 2.24) is 5.32 Å². The highest BCUT2D eigenvalue weighted by Gasteiger charge is 2.08. The Morgan fingerprint density at radius 1 is 1.58 bits per heavy atom. The maximum Gasteiger partial charge on any atom is 0.239 e. The third-order valence-corrected chi connectivity index (χ3v) is 2.67. The third-order valence-electron chi connectivity index (χ3n) is 2.36. The highest BCUT2D eigenvalue weighted by atomic mass is 35.5. The maximum atomic E-state index is 11.6. The van der Waals surface area contributed by atoms with E-state index < -0.39 is 0 Å². The Labute approximate surface area is 117 Å². The van der Waals surface area contributed by atoms with E-state index in [1.165, 1.54) is 0 Å². The number of nitriles is 1. The first kappa shape index (κ1) is 15.3. The standard InChI is InChI=1S/C13H16ClN3O2/c1-9(8-19-2)17-13(18)7-16-12-4-3-10(6-15)5-11(12)14/h3-5,9,16H,7-8H2,1-2H3,(H,17,18). The molecule has 0 fully saturated rings. The fourth-order valence-electron chi connectivity index (χ4n) is 1.52. The smallest absolute Gasteiger partial charge is 0.239 e. The summed E-state index contributed by atoms with van der Waals surface area (Å²) in [5.41, 5.74) is 1.10. The summed E-state index contributed by atoms with van der Waals surface area (Å²) in [6, 6.07) is 6.81. The van der Waals surface area contributed by atoms with Crippen LogP contribution in [0.2, 0.25) is 5.02 Å². The van der Waals surface area contributed by atoms with E-state index in [-0.39, 0.29) is 18.5 Å². The number of rotatable bonds is 6. The van der Waals surface area contributed by atoms with Gasteiger partial charge in [0, 0.05) is 13.2 Å². The number of nitrogens with zero attached hydrogens (tertiary/aromatic N) is 1. The molecular weight excluding hydrogens is 266 g/mol. The number of methoxy groups -OCH3 is 1. The second-order valence-corrected chi connectivity index (χ2v) is 4.49. The van der Waals surface area contributed by atoms with Gasteiger partial charge in [-0.3, -0.25) is 4.79 Å². The zero-order chi connectivity index (χ0) is 14.3. The molecule has 0 radical (unpaired) electrons. The van der Waals surface area contributed by atoms with Gasteiger partial charge in [0.15, 0.2) is 0 Å². The van der Waals surface area contributed by atoms with Crippen molar-refractivity contribution in [3.63, 3.8) is 0 Å². The van der Waals surface area contributed by atoms with E-state index >= 15 is 0 Å². The summed E-state index contributed by atoms with van der Waals surface area (Å²) >= 11 is 5.98. The van der Waals surface area contributed by atoms with Crippen molar-refractivity contribution in [1.29, 1.82) is 5.26 Å². The Balaban J connectivity index is 2.49. The number of halogens is 1. The molecule has 5 nitrogen and oxygen atoms in total. The SMILES string of the molecule is COCC(C)NC(=O)CNc1ccc(C#N)cc1Cl. The van der Waals surface area contributed by atoms with Crippen molar-refractivity contribution in [2.45, 2.75) is 13.0 Å². The number of carbonyl (C=O) groups excluding carboxylic acids is 1. The van der Waals surface area contributed by atoms with Crippen LogP contribution in [0.25, 0.3) is 0 Å². The Hall–Kier alpha value is -1.77. The minimum absolute atomic E-state index is 0.0456. The number of carbonyl (C=O) groups is 1. The molecule has 102 valence electrons. The van der Waals surface area contributed by atoms with Crippen LogP contribution in [0.1, 0.15) is 12.5 Å². The first-order chi connectivity index (χ1) is 9.06. The normalized spacial score (nSPS) is 11.5. The maximum absolute atomic E-state index is 11.6. The van der Waals surface area contributed by atoms with E-state index in [0.717, 1.165) is 0 Å². The summed E-state index contributed by atoms with van der Waals surface area (Å²) in [4.78, 5) is 11.6. The lowest BCUT2D eigenvalue weighted by Gasteiger charge is -2.14. The van der Waals surface area contributed by atoms with E-state index in [1.54, 1.807) is 25.3 Å². The van der Waals surface area contributed by atoms with Gasteiger partial charge in [0.25, 0.3) is 0 Å². The third kappa shape index (κ3) is 5.16. The minimum atomic E-state index is -0.148. The van der Waals surface area contributed by atoms with E-state index in [9.17, 15) is 4.79 Å². The minimum Gasteiger partial charge on any atom is -0.383 e. The van der Waals surface area contributed by atoms with Gasteiger partial charge in [0.05, 0.1) is 35.5 Å². The van der Waals surface area contributed by atoms with Crippen molar-refractivity contribution in [3.05, 3.63) is 28.8 Å². The molecule has 0 aliphatic rings. The van der Waals surface area contributed by atoms with E-state index in [4.69, 9.17) is 21.6 Å². The van der Waals surface area contributed by atoms with Crippen molar-refractivity contribution in [3.8, 4) is 6.07 Å². The Kier molecular flexibility index (Phi) is 6.13. The van der Waals surface area contributed by atoms with Crippen LogP contribution in [0.15, 0.2) is 18.2 Å². The van der Waals surface area contributed by atoms with Gasteiger partial charge in [-0.1, -0.05) is 11.6 Å². The van der Waals surface area contributed by atoms with Crippen LogP contribution in [-0.2, 0) is 9.53 Å². The molecule has 1 amide bonds. The van der Waals surface area contributed by atoms with E-state index in [2.05, 4.69) is 10.6 Å². The van der Waals surface area contributed by atoms with E-state index in [0.29, 0.717) is 22.9 Å². The highest BCUT2D eigenvalue weighted by molar-refractivity contribution is 6.33. The monoisotopic (exact) mass is 281 g/mol. The second kappa shape index (κ2) is 7.62. The molecule has 1 aromatic rings. The number of benzene rings is 1. The molecule has 0 aliphatic heterocycles. The summed E-state index contributed by atoms with van der Waals surface area (Å²) in [6.07, 6.45) is 0. The van der Waals surface area contributed by atoms with Gasteiger partial charge in [-0.05, 0) is 25.1 Å². The molecule has 1 aromatic carbocycles. The molecule has 0 heterocycles. The molecule has 0 saturated carbocycles. The summed E-state index contributed by atoms with van der Waals surface area (Å²) in [5, 5.41) is 14.8. The van der Waals surface area contributed by atoms with Crippen LogP contribution >= 0.6 is 11.6 Å². The van der Waals surface area contributed by atoms with Gasteiger partial charge < -0.3 is 15.4 Å². The van der Waals surface area contributed by atoms with Crippen molar-refractivity contribution < 1.29 is 9.53 Å². The number of anilines is 1. The number of ether oxygens (including phenoxy) is 1. The molecule has 0 spiro atoms. The van der Waals surface area contributed by atoms with Crippen LogP contribution in [0.5, 0.6) is 0 Å². The lowest BCUT2D eigenvalue weighted by molar-refractivity contribution is -0.120. The van der Waals surface area contributed by atoms with Crippen LogP contribution in [0.3, 0.4) is 0 Å². The molecule has 2 N–H and O–H groups in total. The zero-order valence-electron chi connectivity index (χ0n) is 10.9. The first-order valence-corrected chi connectivity index (χ1v) is 6.16. The second-order valence-electron chi connectivity index (χ2n) is 4.08. The first-order valence-electron chi connectivity index (χ1n) is 5.78. The Morgan fingerprint density at radius 3 is 2.89 bits per heavy atom. The van der Waals surface area contributed by atoms with Gasteiger partial charge in [-0.25, -0.2) is 0 Å². The molecule has 0 bridgehead atoms. The van der Waals surface area contributed by atoms with Crippen LogP contribution in [-0.4, -0.2) is 32.2 Å².